The lowest BCUT2D eigenvalue weighted by molar-refractivity contribution is 0.0160. The summed E-state index contributed by atoms with van der Waals surface area (Å²) in [4.78, 5) is 2.35. The minimum absolute atomic E-state index is 0.102. The van der Waals surface area contributed by atoms with Crippen LogP contribution in [0.2, 0.25) is 0 Å². The lowest BCUT2D eigenvalue weighted by Gasteiger charge is -2.35. The lowest BCUT2D eigenvalue weighted by Crippen LogP contribution is -2.42. The molecule has 5 nitrogen and oxygen atoms in total. The third kappa shape index (κ3) is 5.19. The van der Waals surface area contributed by atoms with Crippen molar-refractivity contribution in [2.75, 3.05) is 47.1 Å². The molecule has 1 unspecified atom stereocenters. The minimum atomic E-state index is -0.203. The molecule has 1 atom stereocenters. The summed E-state index contributed by atoms with van der Waals surface area (Å²) >= 11 is 0. The van der Waals surface area contributed by atoms with Gasteiger partial charge < -0.3 is 19.5 Å². The van der Waals surface area contributed by atoms with E-state index in [4.69, 9.17) is 14.2 Å². The first-order chi connectivity index (χ1) is 13.2. The van der Waals surface area contributed by atoms with Crippen molar-refractivity contribution in [3.8, 4) is 11.5 Å². The Balaban J connectivity index is 1.67. The molecule has 0 aliphatic carbocycles. The first kappa shape index (κ1) is 19.6. The Morgan fingerprint density at radius 2 is 1.85 bits per heavy atom. The normalized spacial score (nSPS) is 16.1. The zero-order valence-electron chi connectivity index (χ0n) is 15.9. The molecule has 2 aromatic carbocycles. The van der Waals surface area contributed by atoms with Crippen LogP contribution in [0.5, 0.6) is 11.5 Å². The molecule has 0 amide bonds. The Labute approximate surface area is 160 Å². The van der Waals surface area contributed by atoms with Crippen molar-refractivity contribution < 1.29 is 18.6 Å². The number of methoxy groups -OCH3 is 2. The van der Waals surface area contributed by atoms with Gasteiger partial charge in [-0.2, -0.15) is 0 Å². The van der Waals surface area contributed by atoms with Gasteiger partial charge in [0.15, 0.2) is 11.5 Å². The molecule has 1 fully saturated rings. The summed E-state index contributed by atoms with van der Waals surface area (Å²) in [5.74, 6) is 1.23. The predicted molar refractivity (Wildman–Crippen MR) is 103 cm³/mol. The largest absolute Gasteiger partial charge is 0.493 e. The van der Waals surface area contributed by atoms with E-state index in [2.05, 4.69) is 10.2 Å². The smallest absolute Gasteiger partial charge is 0.161 e. The van der Waals surface area contributed by atoms with E-state index in [1.165, 1.54) is 6.07 Å². The average molecular weight is 374 g/mol. The molecule has 27 heavy (non-hydrogen) atoms. The fourth-order valence-electron chi connectivity index (χ4n) is 3.40. The van der Waals surface area contributed by atoms with Crippen molar-refractivity contribution in [1.29, 1.82) is 0 Å². The van der Waals surface area contributed by atoms with Crippen LogP contribution in [0.3, 0.4) is 0 Å². The number of halogens is 1. The zero-order valence-corrected chi connectivity index (χ0v) is 15.9. The molecule has 1 saturated heterocycles. The van der Waals surface area contributed by atoms with Crippen molar-refractivity contribution >= 4 is 0 Å². The summed E-state index contributed by atoms with van der Waals surface area (Å²) in [6, 6.07) is 12.9. The summed E-state index contributed by atoms with van der Waals surface area (Å²) in [6.45, 7) is 4.52. The first-order valence-electron chi connectivity index (χ1n) is 9.20. The van der Waals surface area contributed by atoms with Crippen LogP contribution in [0.15, 0.2) is 42.5 Å². The number of hydrogen-bond acceptors (Lipinski definition) is 5. The second kappa shape index (κ2) is 9.69. The van der Waals surface area contributed by atoms with E-state index in [-0.39, 0.29) is 11.9 Å². The van der Waals surface area contributed by atoms with Gasteiger partial charge >= 0.3 is 0 Å². The highest BCUT2D eigenvalue weighted by Gasteiger charge is 2.22. The minimum Gasteiger partial charge on any atom is -0.493 e. The van der Waals surface area contributed by atoms with Gasteiger partial charge in [-0.3, -0.25) is 4.90 Å². The second-order valence-corrected chi connectivity index (χ2v) is 6.54. The Morgan fingerprint density at radius 3 is 2.56 bits per heavy atom. The Hall–Kier alpha value is -2.15. The van der Waals surface area contributed by atoms with E-state index in [0.717, 1.165) is 30.8 Å². The molecule has 1 aliphatic rings. The van der Waals surface area contributed by atoms with Crippen LogP contribution < -0.4 is 14.8 Å². The van der Waals surface area contributed by atoms with E-state index in [1.54, 1.807) is 26.4 Å². The number of morpholine rings is 1. The number of benzene rings is 2. The Bertz CT molecular complexity index is 735. The molecule has 3 rings (SSSR count). The van der Waals surface area contributed by atoms with E-state index >= 15 is 0 Å². The van der Waals surface area contributed by atoms with Gasteiger partial charge in [-0.05, 0) is 35.4 Å². The van der Waals surface area contributed by atoms with Crippen LogP contribution in [0.4, 0.5) is 4.39 Å². The van der Waals surface area contributed by atoms with Crippen LogP contribution in [-0.4, -0.2) is 52.0 Å². The summed E-state index contributed by atoms with van der Waals surface area (Å²) in [6.07, 6.45) is 0. The Kier molecular flexibility index (Phi) is 7.04. The highest BCUT2D eigenvalue weighted by Crippen LogP contribution is 2.28. The Morgan fingerprint density at radius 1 is 1.07 bits per heavy atom. The molecule has 0 radical (unpaired) electrons. The molecule has 1 N–H and O–H groups in total. The highest BCUT2D eigenvalue weighted by atomic mass is 19.1. The van der Waals surface area contributed by atoms with Gasteiger partial charge in [0.1, 0.15) is 5.82 Å². The van der Waals surface area contributed by atoms with Crippen molar-refractivity contribution in [3.63, 3.8) is 0 Å². The van der Waals surface area contributed by atoms with E-state index in [9.17, 15) is 4.39 Å². The molecule has 6 heteroatoms. The SMILES string of the molecule is COc1ccc(CNCC(c2cccc(F)c2)N2CCOCC2)cc1OC. The van der Waals surface area contributed by atoms with E-state index < -0.39 is 0 Å². The van der Waals surface area contributed by atoms with Crippen molar-refractivity contribution in [2.24, 2.45) is 0 Å². The van der Waals surface area contributed by atoms with Crippen LogP contribution >= 0.6 is 0 Å². The molecular formula is C21H27FN2O3. The van der Waals surface area contributed by atoms with Crippen LogP contribution in [0.1, 0.15) is 17.2 Å². The molecule has 0 spiro atoms. The molecule has 2 aromatic rings. The van der Waals surface area contributed by atoms with E-state index in [1.807, 2.05) is 24.3 Å². The van der Waals surface area contributed by atoms with Crippen molar-refractivity contribution in [3.05, 3.63) is 59.4 Å². The second-order valence-electron chi connectivity index (χ2n) is 6.54. The fourth-order valence-corrected chi connectivity index (χ4v) is 3.40. The monoisotopic (exact) mass is 374 g/mol. The predicted octanol–water partition coefficient (Wildman–Crippen LogP) is 3.01. The van der Waals surface area contributed by atoms with E-state index in [0.29, 0.717) is 31.3 Å². The van der Waals surface area contributed by atoms with Crippen molar-refractivity contribution in [2.45, 2.75) is 12.6 Å². The van der Waals surface area contributed by atoms with Crippen LogP contribution in [0, 0.1) is 5.82 Å². The maximum atomic E-state index is 13.7. The van der Waals surface area contributed by atoms with Gasteiger partial charge in [0.05, 0.1) is 27.4 Å². The summed E-state index contributed by atoms with van der Waals surface area (Å²) in [5, 5.41) is 3.50. The fraction of sp³-hybridized carbons (Fsp3) is 0.429. The summed E-state index contributed by atoms with van der Waals surface area (Å²) < 4.78 is 29.9. The number of ether oxygens (including phenoxy) is 3. The highest BCUT2D eigenvalue weighted by molar-refractivity contribution is 5.42. The van der Waals surface area contributed by atoms with Gasteiger partial charge in [-0.25, -0.2) is 4.39 Å². The van der Waals surface area contributed by atoms with Gasteiger partial charge in [0, 0.05) is 32.2 Å². The topological polar surface area (TPSA) is 43.0 Å². The van der Waals surface area contributed by atoms with Gasteiger partial charge in [-0.15, -0.1) is 0 Å². The maximum absolute atomic E-state index is 13.7. The molecule has 0 saturated carbocycles. The molecule has 146 valence electrons. The number of nitrogens with one attached hydrogen (secondary N) is 1. The van der Waals surface area contributed by atoms with Crippen LogP contribution in [-0.2, 0) is 11.3 Å². The number of hydrogen-bond donors (Lipinski definition) is 1. The average Bonchev–Trinajstić information content (AvgIpc) is 2.71. The third-order valence-corrected chi connectivity index (χ3v) is 4.83. The summed E-state index contributed by atoms with van der Waals surface area (Å²) in [5.41, 5.74) is 2.09. The molecular weight excluding hydrogens is 347 g/mol. The summed E-state index contributed by atoms with van der Waals surface area (Å²) in [7, 11) is 3.26. The maximum Gasteiger partial charge on any atom is 0.161 e. The first-order valence-corrected chi connectivity index (χ1v) is 9.20. The quantitative estimate of drug-likeness (QED) is 0.769. The molecule has 0 aromatic heterocycles. The lowest BCUT2D eigenvalue weighted by atomic mass is 10.0. The molecule has 1 aliphatic heterocycles. The van der Waals surface area contributed by atoms with Gasteiger partial charge in [0.25, 0.3) is 0 Å². The number of rotatable bonds is 8. The molecule has 1 heterocycles. The third-order valence-electron chi connectivity index (χ3n) is 4.83. The van der Waals surface area contributed by atoms with Gasteiger partial charge in [-0.1, -0.05) is 18.2 Å². The van der Waals surface area contributed by atoms with Gasteiger partial charge in [0.2, 0.25) is 0 Å². The van der Waals surface area contributed by atoms with Crippen LogP contribution in [0.25, 0.3) is 0 Å². The molecule has 0 bridgehead atoms. The number of nitrogens with zero attached hydrogens (tertiary/aromatic N) is 1. The standard InChI is InChI=1S/C21H27FN2O3/c1-25-20-7-6-16(12-21(20)26-2)14-23-15-19(24-8-10-27-11-9-24)17-4-3-5-18(22)13-17/h3-7,12-13,19,23H,8-11,14-15H2,1-2H3. The zero-order chi connectivity index (χ0) is 19.1. The van der Waals surface area contributed by atoms with Crippen molar-refractivity contribution in [1.82, 2.24) is 10.2 Å².